The Morgan fingerprint density at radius 2 is 1.41 bits per heavy atom. The molecule has 37 heavy (non-hydrogen) atoms. The number of nitrogens with one attached hydrogen (secondary N) is 2. The zero-order valence-electron chi connectivity index (χ0n) is 19.7. The van der Waals surface area contributed by atoms with Gasteiger partial charge in [0.05, 0.1) is 12.1 Å². The average Bonchev–Trinajstić information content (AvgIpc) is 2.87. The van der Waals surface area contributed by atoms with E-state index >= 15 is 0 Å². The van der Waals surface area contributed by atoms with E-state index in [2.05, 4.69) is 10.6 Å². The van der Waals surface area contributed by atoms with Gasteiger partial charge in [-0.3, -0.25) is 9.59 Å². The van der Waals surface area contributed by atoms with Crippen LogP contribution < -0.4 is 16.4 Å². The summed E-state index contributed by atoms with van der Waals surface area (Å²) in [4.78, 5) is 37.6. The summed E-state index contributed by atoms with van der Waals surface area (Å²) < 4.78 is 28.3. The number of rotatable bonds is 11. The molecule has 0 aromatic heterocycles. The number of nitrogens with two attached hydrogens (primary N) is 1. The van der Waals surface area contributed by atoms with Crippen LogP contribution in [0.25, 0.3) is 0 Å². The first kappa shape index (κ1) is 27.3. The van der Waals surface area contributed by atoms with Gasteiger partial charge in [0.25, 0.3) is 0 Å². The molecule has 194 valence electrons. The zero-order valence-corrected chi connectivity index (χ0v) is 19.7. The molecule has 8 nitrogen and oxygen atoms in total. The Morgan fingerprint density at radius 1 is 0.811 bits per heavy atom. The molecule has 10 heteroatoms. The van der Waals surface area contributed by atoms with E-state index < -0.39 is 41.6 Å². The van der Waals surface area contributed by atoms with Crippen LogP contribution >= 0.6 is 0 Å². The van der Waals surface area contributed by atoms with Crippen LogP contribution in [0.3, 0.4) is 0 Å². The fourth-order valence-electron chi connectivity index (χ4n) is 3.73. The molecule has 0 saturated carbocycles. The molecular formula is C27H27F2N3O5. The van der Waals surface area contributed by atoms with Crippen molar-refractivity contribution in [3.8, 4) is 11.5 Å². The maximum atomic E-state index is 14.3. The number of phenolic OH excluding ortho intramolecular Hbond substituents is 2. The van der Waals surface area contributed by atoms with Gasteiger partial charge < -0.3 is 31.4 Å². The molecule has 3 aromatic rings. The predicted molar refractivity (Wildman–Crippen MR) is 132 cm³/mol. The van der Waals surface area contributed by atoms with Gasteiger partial charge in [0.2, 0.25) is 11.8 Å². The maximum absolute atomic E-state index is 14.3. The number of halogens is 2. The third-order valence-electron chi connectivity index (χ3n) is 5.74. The van der Waals surface area contributed by atoms with Crippen LogP contribution in [-0.2, 0) is 33.6 Å². The number of aldehydes is 1. The smallest absolute Gasteiger partial charge is 0.243 e. The SMILES string of the molecule is NC(Cc1ccc(O)c(O)c1)C(=O)NC(Cc1ccccc1F)C(=O)NC(C=O)Cc1ccccc1F. The monoisotopic (exact) mass is 511 g/mol. The largest absolute Gasteiger partial charge is 0.504 e. The molecule has 0 radical (unpaired) electrons. The van der Waals surface area contributed by atoms with Gasteiger partial charge in [0.1, 0.15) is 24.0 Å². The van der Waals surface area contributed by atoms with Gasteiger partial charge >= 0.3 is 0 Å². The van der Waals surface area contributed by atoms with E-state index in [0.29, 0.717) is 11.8 Å². The van der Waals surface area contributed by atoms with Crippen LogP contribution in [0, 0.1) is 11.6 Å². The molecule has 3 atom stereocenters. The summed E-state index contributed by atoms with van der Waals surface area (Å²) in [5, 5.41) is 24.1. The van der Waals surface area contributed by atoms with Crippen molar-refractivity contribution in [2.75, 3.05) is 0 Å². The van der Waals surface area contributed by atoms with Crippen molar-refractivity contribution in [2.24, 2.45) is 5.73 Å². The van der Waals surface area contributed by atoms with E-state index in [1.165, 1.54) is 54.6 Å². The van der Waals surface area contributed by atoms with Crippen LogP contribution in [0.4, 0.5) is 8.78 Å². The second-order valence-electron chi connectivity index (χ2n) is 8.54. The summed E-state index contributed by atoms with van der Waals surface area (Å²) in [5.74, 6) is -3.34. The minimum absolute atomic E-state index is 0.0298. The van der Waals surface area contributed by atoms with Gasteiger partial charge in [-0.1, -0.05) is 42.5 Å². The second kappa shape index (κ2) is 12.6. The third-order valence-corrected chi connectivity index (χ3v) is 5.74. The van der Waals surface area contributed by atoms with Crippen molar-refractivity contribution >= 4 is 18.1 Å². The van der Waals surface area contributed by atoms with Crippen molar-refractivity contribution in [1.29, 1.82) is 0 Å². The van der Waals surface area contributed by atoms with Crippen molar-refractivity contribution in [2.45, 2.75) is 37.4 Å². The van der Waals surface area contributed by atoms with Gasteiger partial charge in [-0.05, 0) is 47.4 Å². The van der Waals surface area contributed by atoms with Gasteiger partial charge in [-0.15, -0.1) is 0 Å². The first-order valence-corrected chi connectivity index (χ1v) is 11.5. The molecule has 3 rings (SSSR count). The number of hydrogen-bond acceptors (Lipinski definition) is 6. The second-order valence-corrected chi connectivity index (χ2v) is 8.54. The van der Waals surface area contributed by atoms with Crippen LogP contribution in [0.2, 0.25) is 0 Å². The van der Waals surface area contributed by atoms with E-state index in [-0.39, 0.29) is 41.9 Å². The molecule has 6 N–H and O–H groups in total. The molecule has 0 fully saturated rings. The molecular weight excluding hydrogens is 484 g/mol. The highest BCUT2D eigenvalue weighted by atomic mass is 19.1. The zero-order chi connectivity index (χ0) is 26.9. The fraction of sp³-hybridized carbons (Fsp3) is 0.222. The van der Waals surface area contributed by atoms with Gasteiger partial charge in [0.15, 0.2) is 11.5 Å². The lowest BCUT2D eigenvalue weighted by atomic mass is 10.0. The highest BCUT2D eigenvalue weighted by Gasteiger charge is 2.27. The average molecular weight is 512 g/mol. The van der Waals surface area contributed by atoms with E-state index in [4.69, 9.17) is 5.73 Å². The van der Waals surface area contributed by atoms with Crippen molar-refractivity contribution in [1.82, 2.24) is 10.6 Å². The number of amides is 2. The minimum atomic E-state index is -1.30. The summed E-state index contributed by atoms with van der Waals surface area (Å²) >= 11 is 0. The first-order valence-electron chi connectivity index (χ1n) is 11.5. The maximum Gasteiger partial charge on any atom is 0.243 e. The normalized spacial score (nSPS) is 13.3. The van der Waals surface area contributed by atoms with Crippen molar-refractivity contribution in [3.05, 3.63) is 95.1 Å². The molecule has 0 aliphatic carbocycles. The first-order chi connectivity index (χ1) is 17.7. The Kier molecular flexibility index (Phi) is 9.28. The van der Waals surface area contributed by atoms with Gasteiger partial charge in [-0.25, -0.2) is 8.78 Å². The summed E-state index contributed by atoms with van der Waals surface area (Å²) in [6, 6.07) is 12.0. The number of carbonyl (C=O) groups is 3. The van der Waals surface area contributed by atoms with Crippen LogP contribution in [0.15, 0.2) is 66.7 Å². The minimum Gasteiger partial charge on any atom is -0.504 e. The predicted octanol–water partition coefficient (Wildman–Crippen LogP) is 1.90. The van der Waals surface area contributed by atoms with Gasteiger partial charge in [0, 0.05) is 12.8 Å². The highest BCUT2D eigenvalue weighted by Crippen LogP contribution is 2.25. The fourth-order valence-corrected chi connectivity index (χ4v) is 3.73. The lowest BCUT2D eigenvalue weighted by molar-refractivity contribution is -0.130. The topological polar surface area (TPSA) is 142 Å². The number of phenols is 2. The highest BCUT2D eigenvalue weighted by molar-refractivity contribution is 5.91. The lowest BCUT2D eigenvalue weighted by Crippen LogP contribution is -2.55. The summed E-state index contributed by atoms with van der Waals surface area (Å²) in [5.41, 5.74) is 6.82. The molecule has 3 aromatic carbocycles. The van der Waals surface area contributed by atoms with E-state index in [1.54, 1.807) is 12.1 Å². The number of hydrogen-bond donors (Lipinski definition) is 5. The summed E-state index contributed by atoms with van der Waals surface area (Å²) in [6.45, 7) is 0. The molecule has 0 bridgehead atoms. The Bertz CT molecular complexity index is 1270. The Morgan fingerprint density at radius 3 is 1.97 bits per heavy atom. The van der Waals surface area contributed by atoms with E-state index in [1.807, 2.05) is 0 Å². The number of aromatic hydroxyl groups is 2. The van der Waals surface area contributed by atoms with Crippen LogP contribution in [-0.4, -0.2) is 46.4 Å². The Labute approximate surface area is 212 Å². The molecule has 0 saturated heterocycles. The van der Waals surface area contributed by atoms with Crippen LogP contribution in [0.5, 0.6) is 11.5 Å². The summed E-state index contributed by atoms with van der Waals surface area (Å²) in [7, 11) is 0. The van der Waals surface area contributed by atoms with Gasteiger partial charge in [-0.2, -0.15) is 0 Å². The number of benzene rings is 3. The quantitative estimate of drug-likeness (QED) is 0.197. The Hall–Kier alpha value is -4.31. The van der Waals surface area contributed by atoms with Crippen molar-refractivity contribution < 1.29 is 33.4 Å². The standard InChI is InChI=1S/C27H27F2N3O5/c28-20-7-3-1-5-17(20)13-19(15-33)31-27(37)23(14-18-6-2-4-8-21(18)29)32-26(36)22(30)11-16-9-10-24(34)25(35)12-16/h1-10,12,15,19,22-23,34-35H,11,13-14,30H2,(H,31,37)(H,32,36). The number of carbonyl (C=O) groups excluding carboxylic acids is 3. The van der Waals surface area contributed by atoms with E-state index in [9.17, 15) is 33.4 Å². The third kappa shape index (κ3) is 7.58. The lowest BCUT2D eigenvalue weighted by Gasteiger charge is -2.23. The molecule has 3 unspecified atom stereocenters. The molecule has 0 aliphatic rings. The van der Waals surface area contributed by atoms with Crippen molar-refractivity contribution in [3.63, 3.8) is 0 Å². The van der Waals surface area contributed by atoms with Crippen LogP contribution in [0.1, 0.15) is 16.7 Å². The summed E-state index contributed by atoms with van der Waals surface area (Å²) in [6.07, 6.45) is 0.0711. The molecule has 0 aliphatic heterocycles. The molecule has 2 amide bonds. The Balaban J connectivity index is 1.75. The molecule has 0 spiro atoms. The molecule has 0 heterocycles. The van der Waals surface area contributed by atoms with E-state index in [0.717, 1.165) is 0 Å².